The molecule has 23 heavy (non-hydrogen) atoms. The number of aliphatic carboxylic acids is 1. The molecule has 0 radical (unpaired) electrons. The summed E-state index contributed by atoms with van der Waals surface area (Å²) in [7, 11) is 0. The summed E-state index contributed by atoms with van der Waals surface area (Å²) in [5, 5.41) is 12.4. The molecule has 0 bridgehead atoms. The zero-order chi connectivity index (χ0) is 17.8. The number of hydrogen-bond acceptors (Lipinski definition) is 4. The van der Waals surface area contributed by atoms with Crippen LogP contribution in [0.5, 0.6) is 0 Å². The molecule has 0 aromatic heterocycles. The fraction of sp³-hybridized carbons (Fsp3) is 0.882. The highest BCUT2D eigenvalue weighted by molar-refractivity contribution is 5.73. The van der Waals surface area contributed by atoms with Crippen LogP contribution in [0.4, 0.5) is 4.79 Å². The van der Waals surface area contributed by atoms with Crippen molar-refractivity contribution in [1.29, 1.82) is 0 Å². The summed E-state index contributed by atoms with van der Waals surface area (Å²) in [6.07, 6.45) is 2.36. The topological polar surface area (TPSA) is 78.9 Å². The Labute approximate surface area is 139 Å². The molecule has 0 aromatic carbocycles. The monoisotopic (exact) mass is 328 g/mol. The number of carbonyl (C=O) groups excluding carboxylic acids is 1. The zero-order valence-corrected chi connectivity index (χ0v) is 15.3. The van der Waals surface area contributed by atoms with Gasteiger partial charge in [-0.25, -0.2) is 4.79 Å². The highest BCUT2D eigenvalue weighted by Crippen LogP contribution is 2.24. The van der Waals surface area contributed by atoms with Crippen LogP contribution in [0.2, 0.25) is 0 Å². The second-order valence-corrected chi connectivity index (χ2v) is 7.83. The molecule has 6 nitrogen and oxygen atoms in total. The van der Waals surface area contributed by atoms with Gasteiger partial charge in [0.15, 0.2) is 0 Å². The van der Waals surface area contributed by atoms with Gasteiger partial charge >= 0.3 is 12.1 Å². The van der Waals surface area contributed by atoms with Crippen LogP contribution in [-0.2, 0) is 9.53 Å². The predicted octanol–water partition coefficient (Wildman–Crippen LogP) is 2.86. The summed E-state index contributed by atoms with van der Waals surface area (Å²) in [5.41, 5.74) is -0.500. The van der Waals surface area contributed by atoms with Crippen LogP contribution >= 0.6 is 0 Å². The number of hydrogen-bond donors (Lipinski definition) is 2. The second kappa shape index (κ2) is 7.99. The predicted molar refractivity (Wildman–Crippen MR) is 89.4 cm³/mol. The fourth-order valence-corrected chi connectivity index (χ4v) is 2.97. The van der Waals surface area contributed by atoms with E-state index in [0.717, 1.165) is 19.3 Å². The van der Waals surface area contributed by atoms with Crippen molar-refractivity contribution in [3.63, 3.8) is 0 Å². The van der Waals surface area contributed by atoms with Crippen LogP contribution in [0.3, 0.4) is 0 Å². The van der Waals surface area contributed by atoms with E-state index < -0.39 is 17.6 Å². The van der Waals surface area contributed by atoms with E-state index in [1.165, 1.54) is 0 Å². The highest BCUT2D eigenvalue weighted by atomic mass is 16.6. The molecule has 1 aliphatic heterocycles. The van der Waals surface area contributed by atoms with Gasteiger partial charge in [-0.2, -0.15) is 0 Å². The molecule has 1 amide bonds. The molecule has 0 spiro atoms. The minimum atomic E-state index is -0.831. The van der Waals surface area contributed by atoms with Crippen LogP contribution in [-0.4, -0.2) is 52.3 Å². The Kier molecular flexibility index (Phi) is 6.86. The lowest BCUT2D eigenvalue weighted by atomic mass is 10.0. The molecule has 0 aromatic rings. The van der Waals surface area contributed by atoms with Crippen molar-refractivity contribution in [2.45, 2.75) is 84.5 Å². The normalized spacial score (nSPS) is 21.3. The molecule has 0 aliphatic carbocycles. The first-order chi connectivity index (χ1) is 10.5. The average molecular weight is 328 g/mol. The lowest BCUT2D eigenvalue weighted by Crippen LogP contribution is -2.48. The lowest BCUT2D eigenvalue weighted by Gasteiger charge is -2.31. The van der Waals surface area contributed by atoms with Gasteiger partial charge in [-0.15, -0.1) is 0 Å². The molecule has 1 heterocycles. The number of rotatable bonds is 6. The number of carboxylic acids is 1. The van der Waals surface area contributed by atoms with Crippen LogP contribution in [0.1, 0.15) is 60.8 Å². The molecule has 1 saturated heterocycles. The third kappa shape index (κ3) is 6.37. The minimum Gasteiger partial charge on any atom is -0.480 e. The first-order valence-electron chi connectivity index (χ1n) is 8.49. The van der Waals surface area contributed by atoms with E-state index in [1.807, 2.05) is 41.5 Å². The summed E-state index contributed by atoms with van der Waals surface area (Å²) in [4.78, 5) is 25.4. The SMILES string of the molecule is CC(CC1CCCN1C(=O)OC(C)(C)C)NC(C(=O)O)C(C)C. The first-order valence-corrected chi connectivity index (χ1v) is 8.49. The van der Waals surface area contributed by atoms with Crippen molar-refractivity contribution in [2.24, 2.45) is 5.92 Å². The Morgan fingerprint density at radius 2 is 1.91 bits per heavy atom. The van der Waals surface area contributed by atoms with Gasteiger partial charge < -0.3 is 20.1 Å². The maximum Gasteiger partial charge on any atom is 0.410 e. The van der Waals surface area contributed by atoms with Gasteiger partial charge in [0.1, 0.15) is 11.6 Å². The number of amides is 1. The number of likely N-dealkylation sites (tertiary alicyclic amines) is 1. The van der Waals surface area contributed by atoms with Gasteiger partial charge in [-0.3, -0.25) is 4.79 Å². The number of carbonyl (C=O) groups is 2. The van der Waals surface area contributed by atoms with Crippen molar-refractivity contribution in [2.75, 3.05) is 6.54 Å². The maximum absolute atomic E-state index is 12.3. The van der Waals surface area contributed by atoms with E-state index in [9.17, 15) is 14.7 Å². The molecule has 1 aliphatic rings. The van der Waals surface area contributed by atoms with Crippen LogP contribution in [0.25, 0.3) is 0 Å². The largest absolute Gasteiger partial charge is 0.480 e. The van der Waals surface area contributed by atoms with Gasteiger partial charge in [0.05, 0.1) is 0 Å². The Hall–Kier alpha value is -1.30. The van der Waals surface area contributed by atoms with Crippen molar-refractivity contribution in [1.82, 2.24) is 10.2 Å². The number of nitrogens with zero attached hydrogens (tertiary/aromatic N) is 1. The standard InChI is InChI=1S/C17H32N2O4/c1-11(2)14(15(20)21)18-12(3)10-13-8-7-9-19(13)16(22)23-17(4,5)6/h11-14,18H,7-10H2,1-6H3,(H,20,21). The van der Waals surface area contributed by atoms with Crippen molar-refractivity contribution >= 4 is 12.1 Å². The molecular weight excluding hydrogens is 296 g/mol. The van der Waals surface area contributed by atoms with E-state index in [0.29, 0.717) is 6.54 Å². The van der Waals surface area contributed by atoms with Crippen molar-refractivity contribution < 1.29 is 19.4 Å². The Morgan fingerprint density at radius 3 is 2.39 bits per heavy atom. The lowest BCUT2D eigenvalue weighted by molar-refractivity contribution is -0.140. The Balaban J connectivity index is 2.60. The minimum absolute atomic E-state index is 0.0143. The van der Waals surface area contributed by atoms with E-state index in [-0.39, 0.29) is 24.1 Å². The fourth-order valence-electron chi connectivity index (χ4n) is 2.97. The Bertz CT molecular complexity index is 417. The summed E-state index contributed by atoms with van der Waals surface area (Å²) in [6, 6.07) is -0.443. The molecule has 134 valence electrons. The molecule has 3 unspecified atom stereocenters. The highest BCUT2D eigenvalue weighted by Gasteiger charge is 2.33. The van der Waals surface area contributed by atoms with E-state index in [4.69, 9.17) is 4.74 Å². The first kappa shape index (κ1) is 19.7. The zero-order valence-electron chi connectivity index (χ0n) is 15.3. The number of ether oxygens (including phenoxy) is 1. The quantitative estimate of drug-likeness (QED) is 0.784. The van der Waals surface area contributed by atoms with Crippen LogP contribution in [0.15, 0.2) is 0 Å². The van der Waals surface area contributed by atoms with E-state index in [2.05, 4.69) is 5.32 Å². The second-order valence-electron chi connectivity index (χ2n) is 7.83. The van der Waals surface area contributed by atoms with Gasteiger partial charge in [0.25, 0.3) is 0 Å². The summed E-state index contributed by atoms with van der Waals surface area (Å²) < 4.78 is 5.46. The molecule has 2 N–H and O–H groups in total. The summed E-state index contributed by atoms with van der Waals surface area (Å²) in [5.74, 6) is -0.817. The van der Waals surface area contributed by atoms with Crippen molar-refractivity contribution in [3.05, 3.63) is 0 Å². The number of nitrogens with one attached hydrogen (secondary N) is 1. The van der Waals surface area contributed by atoms with Gasteiger partial charge in [0, 0.05) is 18.6 Å². The summed E-state index contributed by atoms with van der Waals surface area (Å²) in [6.45, 7) is 12.0. The van der Waals surface area contributed by atoms with Gasteiger partial charge in [-0.1, -0.05) is 13.8 Å². The van der Waals surface area contributed by atoms with Gasteiger partial charge in [-0.05, 0) is 52.9 Å². The number of carboxylic acid groups (broad SMARTS) is 1. The molecule has 6 heteroatoms. The smallest absolute Gasteiger partial charge is 0.410 e. The molecule has 3 atom stereocenters. The molecule has 0 saturated carbocycles. The Morgan fingerprint density at radius 1 is 1.30 bits per heavy atom. The van der Waals surface area contributed by atoms with Crippen molar-refractivity contribution in [3.8, 4) is 0 Å². The summed E-state index contributed by atoms with van der Waals surface area (Å²) >= 11 is 0. The molecule has 1 rings (SSSR count). The van der Waals surface area contributed by atoms with E-state index >= 15 is 0 Å². The maximum atomic E-state index is 12.3. The van der Waals surface area contributed by atoms with Crippen LogP contribution < -0.4 is 5.32 Å². The molecular formula is C17H32N2O4. The third-order valence-corrected chi connectivity index (χ3v) is 4.03. The average Bonchev–Trinajstić information content (AvgIpc) is 2.81. The van der Waals surface area contributed by atoms with Crippen LogP contribution in [0, 0.1) is 5.92 Å². The third-order valence-electron chi connectivity index (χ3n) is 4.03. The molecule has 1 fully saturated rings. The van der Waals surface area contributed by atoms with E-state index in [1.54, 1.807) is 4.90 Å². The van der Waals surface area contributed by atoms with Gasteiger partial charge in [0.2, 0.25) is 0 Å².